The number of aliphatic carboxylic acids is 4. The Morgan fingerprint density at radius 1 is 0.750 bits per heavy atom. The molecule has 6 N–H and O–H groups in total. The molecule has 2 aliphatic rings. The molecule has 4 aromatic rings. The average Bonchev–Trinajstić information content (AvgIpc) is 3.53. The number of carboxylic acids is 4. The van der Waals surface area contributed by atoms with Crippen LogP contribution in [0.15, 0.2) is 79.3 Å². The first-order valence-electron chi connectivity index (χ1n) is 16.3. The van der Waals surface area contributed by atoms with Crippen molar-refractivity contribution in [2.45, 2.75) is 37.8 Å². The highest BCUT2D eigenvalue weighted by atomic mass is 16.5. The molecule has 0 unspecified atom stereocenters. The first kappa shape index (κ1) is 38.6. The van der Waals surface area contributed by atoms with Crippen LogP contribution in [0.25, 0.3) is 22.3 Å². The highest BCUT2D eigenvalue weighted by molar-refractivity contribution is 5.98. The van der Waals surface area contributed by atoms with Gasteiger partial charge >= 0.3 is 23.9 Å². The number of ether oxygens (including phenoxy) is 1. The van der Waals surface area contributed by atoms with E-state index in [1.165, 1.54) is 32.3 Å². The number of carbonyl (C=O) groups is 4. The number of benzene rings is 1. The Balaban J connectivity index is 0.000000317. The molecule has 1 saturated carbocycles. The minimum Gasteiger partial charge on any atom is -0.478 e. The smallest absolute Gasteiger partial charge is 0.328 e. The van der Waals surface area contributed by atoms with Crippen molar-refractivity contribution in [3.8, 4) is 22.9 Å². The number of hydrogen-bond acceptors (Lipinski definition) is 12. The SMILES string of the molecule is CN1CCN(C2CCC(n3nc(-c4ccc(Oc5ccccc5)nc4)c4c(N)ncnc43)CC2)CC1.O=C(O)/C=C\C(=O)O.O=C(O)/C=C\C(=O)O. The van der Waals surface area contributed by atoms with Crippen molar-refractivity contribution in [2.24, 2.45) is 0 Å². The van der Waals surface area contributed by atoms with Crippen LogP contribution in [-0.4, -0.2) is 118 Å². The summed E-state index contributed by atoms with van der Waals surface area (Å²) in [4.78, 5) is 56.7. The molecule has 17 heteroatoms. The summed E-state index contributed by atoms with van der Waals surface area (Å²) < 4.78 is 7.93. The Morgan fingerprint density at radius 2 is 1.31 bits per heavy atom. The molecule has 2 fully saturated rings. The summed E-state index contributed by atoms with van der Waals surface area (Å²) in [5.41, 5.74) is 8.77. The predicted molar refractivity (Wildman–Crippen MR) is 189 cm³/mol. The van der Waals surface area contributed by atoms with Gasteiger partial charge in [-0.2, -0.15) is 5.10 Å². The van der Waals surface area contributed by atoms with Gasteiger partial charge in [0.15, 0.2) is 5.65 Å². The van der Waals surface area contributed by atoms with Crippen LogP contribution in [0.1, 0.15) is 31.7 Å². The number of nitrogen functional groups attached to an aromatic ring is 1. The summed E-state index contributed by atoms with van der Waals surface area (Å²) >= 11 is 0. The normalized spacial score (nSPS) is 17.9. The Bertz CT molecular complexity index is 1820. The lowest BCUT2D eigenvalue weighted by atomic mass is 9.90. The quantitative estimate of drug-likeness (QED) is 0.156. The lowest BCUT2D eigenvalue weighted by Crippen LogP contribution is -2.49. The van der Waals surface area contributed by atoms with E-state index in [4.69, 9.17) is 36.0 Å². The van der Waals surface area contributed by atoms with Gasteiger partial charge in [0.05, 0.1) is 11.4 Å². The molecule has 4 heterocycles. The number of aromatic nitrogens is 5. The molecule has 0 bridgehead atoms. The van der Waals surface area contributed by atoms with Gasteiger partial charge in [0.1, 0.15) is 23.6 Å². The standard InChI is InChI=1S/C27H32N8O.2C4H4O4/c1-33-13-15-34(16-14-33)20-8-10-21(11-9-20)35-27-24(26(28)30-18-31-27)25(32-35)19-7-12-23(29-17-19)36-22-5-3-2-4-6-22;2*5-3(6)1-2-4(7)8/h2-7,12,17-18,20-21H,8-11,13-16H2,1H3,(H2,28,30,31);2*1-2H,(H,5,6)(H,7,8)/b;2*2-1-. The van der Waals surface area contributed by atoms with Crippen LogP contribution >= 0.6 is 0 Å². The fraction of sp³-hybridized carbons (Fsp3) is 0.314. The molecule has 1 aromatic carbocycles. The number of nitrogens with zero attached hydrogens (tertiary/aromatic N) is 7. The van der Waals surface area contributed by atoms with Gasteiger partial charge in [-0.05, 0) is 50.9 Å². The number of piperazine rings is 1. The van der Waals surface area contributed by atoms with E-state index >= 15 is 0 Å². The van der Waals surface area contributed by atoms with Gasteiger partial charge in [0.25, 0.3) is 0 Å². The molecule has 1 aliphatic heterocycles. The predicted octanol–water partition coefficient (Wildman–Crippen LogP) is 3.42. The van der Waals surface area contributed by atoms with Gasteiger partial charge in [-0.25, -0.2) is 38.8 Å². The Morgan fingerprint density at radius 3 is 1.83 bits per heavy atom. The minimum absolute atomic E-state index is 0.299. The number of fused-ring (bicyclic) bond motifs is 1. The molecule has 3 aromatic heterocycles. The molecule has 6 rings (SSSR count). The van der Waals surface area contributed by atoms with Crippen molar-refractivity contribution < 1.29 is 44.3 Å². The minimum atomic E-state index is -1.26. The van der Waals surface area contributed by atoms with Crippen LogP contribution < -0.4 is 10.5 Å². The zero-order valence-corrected chi connectivity index (χ0v) is 28.4. The Kier molecular flexibility index (Phi) is 13.9. The van der Waals surface area contributed by atoms with E-state index in [2.05, 4.69) is 36.5 Å². The summed E-state index contributed by atoms with van der Waals surface area (Å²) in [5.74, 6) is -3.31. The van der Waals surface area contributed by atoms with Crippen LogP contribution in [0, 0.1) is 0 Å². The fourth-order valence-electron chi connectivity index (χ4n) is 5.78. The van der Waals surface area contributed by atoms with E-state index < -0.39 is 23.9 Å². The lowest BCUT2D eigenvalue weighted by Gasteiger charge is -2.41. The molecule has 0 atom stereocenters. The first-order chi connectivity index (χ1) is 24.9. The molecule has 0 radical (unpaired) electrons. The van der Waals surface area contributed by atoms with Crippen LogP contribution in [0.5, 0.6) is 11.6 Å². The zero-order valence-electron chi connectivity index (χ0n) is 28.4. The van der Waals surface area contributed by atoms with Crippen molar-refractivity contribution >= 4 is 40.7 Å². The Labute approximate surface area is 298 Å². The van der Waals surface area contributed by atoms with E-state index in [0.717, 1.165) is 54.0 Å². The maximum absolute atomic E-state index is 9.55. The van der Waals surface area contributed by atoms with Crippen LogP contribution in [0.4, 0.5) is 5.82 Å². The largest absolute Gasteiger partial charge is 0.478 e. The second-order valence-electron chi connectivity index (χ2n) is 11.9. The van der Waals surface area contributed by atoms with E-state index in [-0.39, 0.29) is 0 Å². The van der Waals surface area contributed by atoms with Gasteiger partial charge in [-0.1, -0.05) is 18.2 Å². The lowest BCUT2D eigenvalue weighted by molar-refractivity contribution is -0.134. The second-order valence-corrected chi connectivity index (χ2v) is 11.9. The maximum Gasteiger partial charge on any atom is 0.328 e. The van der Waals surface area contributed by atoms with Gasteiger partial charge in [-0.3, -0.25) is 4.90 Å². The molecule has 274 valence electrons. The molecule has 1 saturated heterocycles. The number of carboxylic acid groups (broad SMARTS) is 4. The number of pyridine rings is 1. The molecular weight excluding hydrogens is 676 g/mol. The number of likely N-dealkylation sites (N-methyl/N-ethyl adjacent to an activating group) is 1. The number of rotatable bonds is 9. The Hall–Kier alpha value is -6.20. The summed E-state index contributed by atoms with van der Waals surface area (Å²) in [5, 5.41) is 37.1. The average molecular weight is 717 g/mol. The van der Waals surface area contributed by atoms with E-state index in [1.807, 2.05) is 42.5 Å². The van der Waals surface area contributed by atoms with E-state index in [9.17, 15) is 19.2 Å². The van der Waals surface area contributed by atoms with Gasteiger partial charge in [0.2, 0.25) is 5.88 Å². The molecular formula is C35H40N8O9. The summed E-state index contributed by atoms with van der Waals surface area (Å²) in [6, 6.07) is 14.4. The topological polar surface area (TPSA) is 247 Å². The van der Waals surface area contributed by atoms with E-state index in [1.54, 1.807) is 6.20 Å². The van der Waals surface area contributed by atoms with Crippen LogP contribution in [0.2, 0.25) is 0 Å². The number of hydrogen-bond donors (Lipinski definition) is 5. The van der Waals surface area contributed by atoms with Crippen molar-refractivity contribution in [3.63, 3.8) is 0 Å². The zero-order chi connectivity index (χ0) is 37.6. The first-order valence-corrected chi connectivity index (χ1v) is 16.3. The van der Waals surface area contributed by atoms with Crippen molar-refractivity contribution in [1.29, 1.82) is 0 Å². The van der Waals surface area contributed by atoms with Crippen LogP contribution in [0.3, 0.4) is 0 Å². The third kappa shape index (κ3) is 11.4. The summed E-state index contributed by atoms with van der Waals surface area (Å²) in [6.07, 6.45) is 10.1. The van der Waals surface area contributed by atoms with Gasteiger partial charge in [-0.15, -0.1) is 0 Å². The number of nitrogens with two attached hydrogens (primary N) is 1. The van der Waals surface area contributed by atoms with Crippen LogP contribution in [-0.2, 0) is 19.2 Å². The highest BCUT2D eigenvalue weighted by Crippen LogP contribution is 2.37. The molecule has 0 spiro atoms. The van der Waals surface area contributed by atoms with Gasteiger partial charge in [0, 0.05) is 74.4 Å². The summed E-state index contributed by atoms with van der Waals surface area (Å²) in [7, 11) is 2.21. The molecule has 17 nitrogen and oxygen atoms in total. The highest BCUT2D eigenvalue weighted by Gasteiger charge is 2.30. The van der Waals surface area contributed by atoms with Crippen molar-refractivity contribution in [1.82, 2.24) is 34.5 Å². The fourth-order valence-corrected chi connectivity index (χ4v) is 5.78. The molecule has 1 aliphatic carbocycles. The number of para-hydroxylation sites is 1. The number of anilines is 1. The van der Waals surface area contributed by atoms with E-state index in [0.29, 0.717) is 48.1 Å². The van der Waals surface area contributed by atoms with Crippen molar-refractivity contribution in [3.05, 3.63) is 79.3 Å². The second kappa shape index (κ2) is 18.7. The monoisotopic (exact) mass is 716 g/mol. The van der Waals surface area contributed by atoms with Gasteiger partial charge < -0.3 is 35.8 Å². The third-order valence-corrected chi connectivity index (χ3v) is 8.30. The van der Waals surface area contributed by atoms with Crippen molar-refractivity contribution in [2.75, 3.05) is 39.0 Å². The maximum atomic E-state index is 9.55. The molecule has 52 heavy (non-hydrogen) atoms. The molecule has 0 amide bonds. The summed E-state index contributed by atoms with van der Waals surface area (Å²) in [6.45, 7) is 4.65. The third-order valence-electron chi connectivity index (χ3n) is 8.30.